The Balaban J connectivity index is 1.52. The zero-order valence-corrected chi connectivity index (χ0v) is 20.7. The van der Waals surface area contributed by atoms with E-state index in [0.29, 0.717) is 42.5 Å². The number of aromatic nitrogens is 1. The molecule has 178 valence electrons. The SMILES string of the molecule is Cc1cccc(Cl)c1C(=O)c1cn(-c2ccc(S(=O)(=O)N3CCOCC3)cc2)c2c1CCCC2. The lowest BCUT2D eigenvalue weighted by Crippen LogP contribution is -2.40. The number of fused-ring (bicyclic) bond motifs is 1. The summed E-state index contributed by atoms with van der Waals surface area (Å²) in [5, 5.41) is 0.458. The van der Waals surface area contributed by atoms with E-state index in [1.165, 1.54) is 4.31 Å². The van der Waals surface area contributed by atoms with E-state index in [2.05, 4.69) is 0 Å². The topological polar surface area (TPSA) is 68.6 Å². The average Bonchev–Trinajstić information content (AvgIpc) is 3.24. The molecule has 2 aliphatic rings. The highest BCUT2D eigenvalue weighted by molar-refractivity contribution is 7.89. The number of ketones is 1. The standard InChI is InChI=1S/C26H27ClN2O4S/c1-18-5-4-7-23(27)25(18)26(30)22-17-29(24-8-3-2-6-21(22)24)19-9-11-20(12-10-19)34(31,32)28-13-15-33-16-14-28/h4-5,7,9-12,17H,2-3,6,8,13-16H2,1H3. The monoisotopic (exact) mass is 498 g/mol. The summed E-state index contributed by atoms with van der Waals surface area (Å²) in [6, 6.07) is 12.4. The van der Waals surface area contributed by atoms with Gasteiger partial charge in [0.1, 0.15) is 0 Å². The van der Waals surface area contributed by atoms with E-state index < -0.39 is 10.0 Å². The van der Waals surface area contributed by atoms with Gasteiger partial charge in [-0.05, 0) is 74.1 Å². The molecule has 8 heteroatoms. The molecule has 2 aromatic carbocycles. The van der Waals surface area contributed by atoms with Crippen molar-refractivity contribution in [3.63, 3.8) is 0 Å². The Hall–Kier alpha value is -2.45. The van der Waals surface area contributed by atoms with Crippen molar-refractivity contribution < 1.29 is 17.9 Å². The summed E-state index contributed by atoms with van der Waals surface area (Å²) in [6.07, 6.45) is 5.70. The molecule has 34 heavy (non-hydrogen) atoms. The van der Waals surface area contributed by atoms with Gasteiger partial charge in [-0.2, -0.15) is 4.31 Å². The van der Waals surface area contributed by atoms with E-state index in [4.69, 9.17) is 16.3 Å². The van der Waals surface area contributed by atoms with Crippen LogP contribution in [0.4, 0.5) is 0 Å². The largest absolute Gasteiger partial charge is 0.379 e. The molecule has 2 heterocycles. The second-order valence-corrected chi connectivity index (χ2v) is 11.2. The van der Waals surface area contributed by atoms with Gasteiger partial charge in [0.15, 0.2) is 5.78 Å². The maximum Gasteiger partial charge on any atom is 0.243 e. The second-order valence-electron chi connectivity index (χ2n) is 8.82. The minimum Gasteiger partial charge on any atom is -0.379 e. The number of carbonyl (C=O) groups is 1. The zero-order valence-electron chi connectivity index (χ0n) is 19.1. The Labute approximate surface area is 205 Å². The van der Waals surface area contributed by atoms with Crippen molar-refractivity contribution in [2.45, 2.75) is 37.5 Å². The van der Waals surface area contributed by atoms with Crippen molar-refractivity contribution >= 4 is 27.4 Å². The molecule has 3 aromatic rings. The number of sulfonamides is 1. The molecule has 0 unspecified atom stereocenters. The third-order valence-corrected chi connectivity index (χ3v) is 8.96. The van der Waals surface area contributed by atoms with Crippen LogP contribution in [-0.4, -0.2) is 49.4 Å². The maximum atomic E-state index is 13.6. The van der Waals surface area contributed by atoms with E-state index in [0.717, 1.165) is 48.2 Å². The van der Waals surface area contributed by atoms with Crippen LogP contribution in [0, 0.1) is 6.92 Å². The molecular formula is C26H27ClN2O4S. The Bertz CT molecular complexity index is 1320. The summed E-state index contributed by atoms with van der Waals surface area (Å²) >= 11 is 6.41. The molecule has 5 rings (SSSR count). The molecule has 1 saturated heterocycles. The first-order valence-corrected chi connectivity index (χ1v) is 13.4. The molecule has 0 saturated carbocycles. The summed E-state index contributed by atoms with van der Waals surface area (Å²) in [5.41, 5.74) is 5.10. The van der Waals surface area contributed by atoms with Gasteiger partial charge in [0.05, 0.1) is 23.1 Å². The number of benzene rings is 2. The number of ether oxygens (including phenoxy) is 1. The fourth-order valence-electron chi connectivity index (χ4n) is 4.93. The fourth-order valence-corrected chi connectivity index (χ4v) is 6.64. The smallest absolute Gasteiger partial charge is 0.243 e. The molecule has 0 atom stereocenters. The minimum atomic E-state index is -3.56. The van der Waals surface area contributed by atoms with E-state index in [-0.39, 0.29) is 10.7 Å². The third-order valence-electron chi connectivity index (χ3n) is 6.73. The van der Waals surface area contributed by atoms with E-state index in [1.54, 1.807) is 18.2 Å². The Morgan fingerprint density at radius 2 is 1.71 bits per heavy atom. The van der Waals surface area contributed by atoms with Crippen molar-refractivity contribution in [3.05, 3.63) is 81.6 Å². The Morgan fingerprint density at radius 3 is 2.41 bits per heavy atom. The number of nitrogens with zero attached hydrogens (tertiary/aromatic N) is 2. The van der Waals surface area contributed by atoms with Gasteiger partial charge in [0, 0.05) is 41.8 Å². The molecule has 1 fully saturated rings. The first-order chi connectivity index (χ1) is 16.4. The predicted octanol–water partition coefficient (Wildman–Crippen LogP) is 4.57. The van der Waals surface area contributed by atoms with Crippen LogP contribution < -0.4 is 0 Å². The van der Waals surface area contributed by atoms with Gasteiger partial charge < -0.3 is 9.30 Å². The first-order valence-electron chi connectivity index (χ1n) is 11.6. The van der Waals surface area contributed by atoms with E-state index >= 15 is 0 Å². The molecule has 6 nitrogen and oxygen atoms in total. The van der Waals surface area contributed by atoms with Gasteiger partial charge in [-0.25, -0.2) is 8.42 Å². The van der Waals surface area contributed by atoms with Gasteiger partial charge in [-0.3, -0.25) is 4.79 Å². The molecular weight excluding hydrogens is 472 g/mol. The summed E-state index contributed by atoms with van der Waals surface area (Å²) < 4.78 is 34.8. The normalized spacial score (nSPS) is 16.9. The number of rotatable bonds is 5. The Kier molecular flexibility index (Phi) is 6.37. The van der Waals surface area contributed by atoms with Crippen LogP contribution in [-0.2, 0) is 27.6 Å². The van der Waals surface area contributed by atoms with Crippen molar-refractivity contribution in [2.75, 3.05) is 26.3 Å². The van der Waals surface area contributed by atoms with E-state index in [9.17, 15) is 13.2 Å². The van der Waals surface area contributed by atoms with Gasteiger partial charge in [0.25, 0.3) is 0 Å². The number of morpholine rings is 1. The lowest BCUT2D eigenvalue weighted by molar-refractivity contribution is 0.0730. The number of halogens is 1. The molecule has 1 aliphatic carbocycles. The minimum absolute atomic E-state index is 0.0634. The number of hydrogen-bond donors (Lipinski definition) is 0. The van der Waals surface area contributed by atoms with Crippen LogP contribution in [0.3, 0.4) is 0 Å². The summed E-state index contributed by atoms with van der Waals surface area (Å²) in [5.74, 6) is -0.0634. The highest BCUT2D eigenvalue weighted by Crippen LogP contribution is 2.33. The third kappa shape index (κ3) is 4.11. The summed E-state index contributed by atoms with van der Waals surface area (Å²) in [6.45, 7) is 3.45. The Morgan fingerprint density at radius 1 is 1.00 bits per heavy atom. The maximum absolute atomic E-state index is 13.6. The van der Waals surface area contributed by atoms with Gasteiger partial charge >= 0.3 is 0 Å². The first kappa shape index (κ1) is 23.3. The van der Waals surface area contributed by atoms with Crippen LogP contribution in [0.15, 0.2) is 53.6 Å². The highest BCUT2D eigenvalue weighted by Gasteiger charge is 2.28. The summed E-state index contributed by atoms with van der Waals surface area (Å²) in [4.78, 5) is 13.8. The van der Waals surface area contributed by atoms with Crippen LogP contribution in [0.25, 0.3) is 5.69 Å². The van der Waals surface area contributed by atoms with Crippen LogP contribution >= 0.6 is 11.6 Å². The highest BCUT2D eigenvalue weighted by atomic mass is 35.5. The molecule has 0 spiro atoms. The average molecular weight is 499 g/mol. The van der Waals surface area contributed by atoms with Gasteiger partial charge in [0.2, 0.25) is 10.0 Å². The predicted molar refractivity (Wildman–Crippen MR) is 132 cm³/mol. The number of aryl methyl sites for hydroxylation is 1. The summed E-state index contributed by atoms with van der Waals surface area (Å²) in [7, 11) is -3.56. The van der Waals surface area contributed by atoms with Gasteiger partial charge in [-0.1, -0.05) is 23.7 Å². The number of hydrogen-bond acceptors (Lipinski definition) is 4. The second kappa shape index (κ2) is 9.30. The molecule has 0 radical (unpaired) electrons. The van der Waals surface area contributed by atoms with Crippen molar-refractivity contribution in [3.8, 4) is 5.69 Å². The lowest BCUT2D eigenvalue weighted by atomic mass is 9.91. The molecule has 1 aliphatic heterocycles. The van der Waals surface area contributed by atoms with Gasteiger partial charge in [-0.15, -0.1) is 0 Å². The van der Waals surface area contributed by atoms with Crippen LogP contribution in [0.5, 0.6) is 0 Å². The molecule has 0 amide bonds. The van der Waals surface area contributed by atoms with Crippen molar-refractivity contribution in [1.29, 1.82) is 0 Å². The van der Waals surface area contributed by atoms with Crippen LogP contribution in [0.2, 0.25) is 5.02 Å². The zero-order chi connectivity index (χ0) is 23.9. The molecule has 0 bridgehead atoms. The van der Waals surface area contributed by atoms with Crippen LogP contribution in [0.1, 0.15) is 45.6 Å². The number of carbonyl (C=O) groups excluding carboxylic acids is 1. The fraction of sp³-hybridized carbons (Fsp3) is 0.346. The van der Waals surface area contributed by atoms with Crippen molar-refractivity contribution in [1.82, 2.24) is 8.87 Å². The lowest BCUT2D eigenvalue weighted by Gasteiger charge is -2.26. The molecule has 0 N–H and O–H groups in total. The van der Waals surface area contributed by atoms with E-state index in [1.807, 2.05) is 42.0 Å². The molecule has 1 aromatic heterocycles. The van der Waals surface area contributed by atoms with Crippen molar-refractivity contribution in [2.24, 2.45) is 0 Å². The quantitative estimate of drug-likeness (QED) is 0.483.